The number of rotatable bonds is 5. The Hall–Kier alpha value is -1.06. The fraction of sp³-hybridized carbons (Fsp3) is 0.647. The Morgan fingerprint density at radius 3 is 2.30 bits per heavy atom. The molecule has 20 heavy (non-hydrogen) atoms. The molecule has 1 heterocycles. The van der Waals surface area contributed by atoms with Crippen molar-refractivity contribution < 1.29 is 5.11 Å². The lowest BCUT2D eigenvalue weighted by Crippen LogP contribution is -2.49. The summed E-state index contributed by atoms with van der Waals surface area (Å²) in [7, 11) is 0. The second-order valence-corrected chi connectivity index (χ2v) is 5.76. The molecule has 1 fully saturated rings. The van der Waals surface area contributed by atoms with E-state index in [0.717, 1.165) is 38.2 Å². The Labute approximate surface area is 123 Å². The predicted molar refractivity (Wildman–Crippen MR) is 85.2 cm³/mol. The molecule has 0 aliphatic carbocycles. The van der Waals surface area contributed by atoms with E-state index in [-0.39, 0.29) is 6.10 Å². The number of nitrogens with zero attached hydrogens (tertiary/aromatic N) is 2. The summed E-state index contributed by atoms with van der Waals surface area (Å²) in [6.45, 7) is 10.9. The van der Waals surface area contributed by atoms with E-state index in [4.69, 9.17) is 0 Å². The van der Waals surface area contributed by atoms with Gasteiger partial charge in [-0.05, 0) is 25.8 Å². The lowest BCUT2D eigenvalue weighted by molar-refractivity contribution is 0.172. The second-order valence-electron chi connectivity index (χ2n) is 5.76. The van der Waals surface area contributed by atoms with Crippen molar-refractivity contribution in [2.45, 2.75) is 45.8 Å². The topological polar surface area (TPSA) is 26.7 Å². The van der Waals surface area contributed by atoms with E-state index in [1.165, 1.54) is 12.1 Å². The fourth-order valence-electron chi connectivity index (χ4n) is 2.94. The van der Waals surface area contributed by atoms with Gasteiger partial charge in [0.1, 0.15) is 0 Å². The zero-order valence-corrected chi connectivity index (χ0v) is 13.0. The Balaban J connectivity index is 2.07. The summed E-state index contributed by atoms with van der Waals surface area (Å²) in [6.07, 6.45) is 1.63. The Morgan fingerprint density at radius 2 is 1.70 bits per heavy atom. The maximum absolute atomic E-state index is 10.2. The molecule has 3 heteroatoms. The van der Waals surface area contributed by atoms with E-state index in [1.807, 2.05) is 13.0 Å². The van der Waals surface area contributed by atoms with Gasteiger partial charge in [0.15, 0.2) is 0 Å². The van der Waals surface area contributed by atoms with Gasteiger partial charge in [-0.1, -0.05) is 32.0 Å². The predicted octanol–water partition coefficient (Wildman–Crippen LogP) is 3.05. The molecule has 2 atom stereocenters. The molecule has 1 aliphatic heterocycles. The highest BCUT2D eigenvalue weighted by atomic mass is 16.3. The van der Waals surface area contributed by atoms with Crippen LogP contribution in [0.25, 0.3) is 0 Å². The molecule has 3 nitrogen and oxygen atoms in total. The maximum atomic E-state index is 10.2. The van der Waals surface area contributed by atoms with Crippen LogP contribution >= 0.6 is 0 Å². The van der Waals surface area contributed by atoms with Crippen molar-refractivity contribution in [2.75, 3.05) is 31.1 Å². The summed E-state index contributed by atoms with van der Waals surface area (Å²) in [5.41, 5.74) is 2.29. The number of aliphatic hydroxyl groups is 1. The van der Waals surface area contributed by atoms with Gasteiger partial charge >= 0.3 is 0 Å². The molecule has 0 bridgehead atoms. The summed E-state index contributed by atoms with van der Waals surface area (Å²) < 4.78 is 0. The van der Waals surface area contributed by atoms with Crippen LogP contribution in [0.15, 0.2) is 24.3 Å². The third-order valence-corrected chi connectivity index (χ3v) is 4.55. The molecule has 112 valence electrons. The number of para-hydroxylation sites is 1. The van der Waals surface area contributed by atoms with Gasteiger partial charge in [0.05, 0.1) is 6.10 Å². The van der Waals surface area contributed by atoms with Gasteiger partial charge in [-0.3, -0.25) is 4.90 Å². The standard InChI is InChI=1S/C17H28N2O/c1-4-14(3)18-10-12-19(13-11-18)16-9-7-6-8-15(16)17(20)5-2/h6-9,14,17,20H,4-5,10-13H2,1-3H3/t14?,17-/m1/s1. The highest BCUT2D eigenvalue weighted by Gasteiger charge is 2.22. The molecular formula is C17H28N2O. The molecule has 0 radical (unpaired) electrons. The lowest BCUT2D eigenvalue weighted by Gasteiger charge is -2.39. The van der Waals surface area contributed by atoms with Crippen molar-refractivity contribution in [1.82, 2.24) is 4.90 Å². The van der Waals surface area contributed by atoms with Crippen molar-refractivity contribution in [1.29, 1.82) is 0 Å². The SMILES string of the molecule is CCC(C)N1CCN(c2ccccc2[C@H](O)CC)CC1. The van der Waals surface area contributed by atoms with Gasteiger partial charge in [0, 0.05) is 43.5 Å². The van der Waals surface area contributed by atoms with Crippen LogP contribution in [0.2, 0.25) is 0 Å². The van der Waals surface area contributed by atoms with E-state index >= 15 is 0 Å². The van der Waals surface area contributed by atoms with E-state index in [0.29, 0.717) is 6.04 Å². The first-order chi connectivity index (χ1) is 9.67. The second kappa shape index (κ2) is 7.09. The zero-order chi connectivity index (χ0) is 14.5. The van der Waals surface area contributed by atoms with E-state index in [2.05, 4.69) is 41.8 Å². The summed E-state index contributed by atoms with van der Waals surface area (Å²) >= 11 is 0. The highest BCUT2D eigenvalue weighted by Crippen LogP contribution is 2.29. The average molecular weight is 276 g/mol. The van der Waals surface area contributed by atoms with Crippen molar-refractivity contribution in [3.63, 3.8) is 0 Å². The quantitative estimate of drug-likeness (QED) is 0.895. The number of aliphatic hydroxyl groups excluding tert-OH is 1. The van der Waals surface area contributed by atoms with Crippen molar-refractivity contribution >= 4 is 5.69 Å². The van der Waals surface area contributed by atoms with Crippen molar-refractivity contribution in [3.05, 3.63) is 29.8 Å². The maximum Gasteiger partial charge on any atom is 0.0807 e. The van der Waals surface area contributed by atoms with E-state index < -0.39 is 0 Å². The molecule has 2 rings (SSSR count). The minimum Gasteiger partial charge on any atom is -0.388 e. The number of anilines is 1. The Morgan fingerprint density at radius 1 is 1.05 bits per heavy atom. The third-order valence-electron chi connectivity index (χ3n) is 4.55. The molecule has 1 N–H and O–H groups in total. The molecule has 0 amide bonds. The molecule has 1 aliphatic rings. The first-order valence-electron chi connectivity index (χ1n) is 7.93. The van der Waals surface area contributed by atoms with Crippen molar-refractivity contribution in [3.8, 4) is 0 Å². The van der Waals surface area contributed by atoms with Gasteiger partial charge in [0.25, 0.3) is 0 Å². The summed E-state index contributed by atoms with van der Waals surface area (Å²) in [5.74, 6) is 0. The number of benzene rings is 1. The fourth-order valence-corrected chi connectivity index (χ4v) is 2.94. The molecule has 1 aromatic rings. The first-order valence-corrected chi connectivity index (χ1v) is 7.93. The average Bonchev–Trinajstić information content (AvgIpc) is 2.53. The molecule has 0 saturated carbocycles. The van der Waals surface area contributed by atoms with Crippen LogP contribution in [0.3, 0.4) is 0 Å². The van der Waals surface area contributed by atoms with Gasteiger partial charge in [-0.2, -0.15) is 0 Å². The third kappa shape index (κ3) is 3.33. The smallest absolute Gasteiger partial charge is 0.0807 e. The van der Waals surface area contributed by atoms with Crippen LogP contribution in [0.1, 0.15) is 45.3 Å². The first kappa shape index (κ1) is 15.3. The monoisotopic (exact) mass is 276 g/mol. The summed E-state index contributed by atoms with van der Waals surface area (Å²) in [4.78, 5) is 4.99. The Kier molecular flexibility index (Phi) is 5.44. The molecule has 1 aromatic carbocycles. The molecular weight excluding hydrogens is 248 g/mol. The minimum absolute atomic E-state index is 0.348. The largest absolute Gasteiger partial charge is 0.388 e. The van der Waals surface area contributed by atoms with Crippen LogP contribution < -0.4 is 4.90 Å². The minimum atomic E-state index is -0.348. The van der Waals surface area contributed by atoms with Crippen LogP contribution in [-0.4, -0.2) is 42.2 Å². The summed E-state index contributed by atoms with van der Waals surface area (Å²) in [6, 6.07) is 8.97. The summed E-state index contributed by atoms with van der Waals surface area (Å²) in [5, 5.41) is 10.2. The van der Waals surface area contributed by atoms with Gasteiger partial charge in [-0.25, -0.2) is 0 Å². The van der Waals surface area contributed by atoms with E-state index in [1.54, 1.807) is 0 Å². The van der Waals surface area contributed by atoms with Crippen molar-refractivity contribution in [2.24, 2.45) is 0 Å². The molecule has 1 unspecified atom stereocenters. The van der Waals surface area contributed by atoms with Crippen LogP contribution in [0, 0.1) is 0 Å². The van der Waals surface area contributed by atoms with Crippen LogP contribution in [0.5, 0.6) is 0 Å². The normalized spacial score (nSPS) is 19.9. The highest BCUT2D eigenvalue weighted by molar-refractivity contribution is 5.55. The van der Waals surface area contributed by atoms with Gasteiger partial charge < -0.3 is 10.0 Å². The van der Waals surface area contributed by atoms with Gasteiger partial charge in [-0.15, -0.1) is 0 Å². The lowest BCUT2D eigenvalue weighted by atomic mass is 10.0. The Bertz CT molecular complexity index is 413. The zero-order valence-electron chi connectivity index (χ0n) is 13.0. The van der Waals surface area contributed by atoms with Crippen LogP contribution in [-0.2, 0) is 0 Å². The molecule has 0 aromatic heterocycles. The number of hydrogen-bond donors (Lipinski definition) is 1. The van der Waals surface area contributed by atoms with Crippen LogP contribution in [0.4, 0.5) is 5.69 Å². The number of piperazine rings is 1. The van der Waals surface area contributed by atoms with Gasteiger partial charge in [0.2, 0.25) is 0 Å². The molecule has 1 saturated heterocycles. The number of hydrogen-bond acceptors (Lipinski definition) is 3. The molecule has 0 spiro atoms. The van der Waals surface area contributed by atoms with E-state index in [9.17, 15) is 5.11 Å².